The Labute approximate surface area is 108 Å². The molecule has 0 saturated carbocycles. The van der Waals surface area contributed by atoms with E-state index in [0.29, 0.717) is 10.5 Å². The highest BCUT2D eigenvalue weighted by Crippen LogP contribution is 2.18. The molecule has 0 unspecified atom stereocenters. The van der Waals surface area contributed by atoms with Gasteiger partial charge in [-0.05, 0) is 23.1 Å². The maximum atomic E-state index is 11.7. The van der Waals surface area contributed by atoms with Gasteiger partial charge in [-0.1, -0.05) is 6.57 Å². The summed E-state index contributed by atoms with van der Waals surface area (Å²) in [6, 6.07) is 7.73. The second kappa shape index (κ2) is 5.34. The monoisotopic (exact) mass is 250 g/mol. The van der Waals surface area contributed by atoms with Crippen LogP contribution < -0.4 is 0 Å². The van der Waals surface area contributed by atoms with Gasteiger partial charge in [0.25, 0.3) is 11.5 Å². The van der Waals surface area contributed by atoms with E-state index in [1.165, 1.54) is 36.7 Å². The third-order valence-electron chi connectivity index (χ3n) is 2.14. The van der Waals surface area contributed by atoms with Gasteiger partial charge in [-0.15, -0.1) is 4.98 Å². The van der Waals surface area contributed by atoms with Crippen molar-refractivity contribution in [3.05, 3.63) is 59.0 Å². The molecule has 0 saturated heterocycles. The van der Waals surface area contributed by atoms with Crippen LogP contribution in [0.3, 0.4) is 0 Å². The van der Waals surface area contributed by atoms with Gasteiger partial charge in [-0.25, -0.2) is 4.98 Å². The summed E-state index contributed by atoms with van der Waals surface area (Å²) >= 11 is 0. The first-order valence-electron chi connectivity index (χ1n) is 5.11. The van der Waals surface area contributed by atoms with Crippen LogP contribution >= 0.6 is 0 Å². The number of hydrogen-bond acceptors (Lipinski definition) is 5. The standard InChI is InChI=1S/C12H6N6O/c1-14-12-5-4-11(8-16-12)18(19)17-10-3-2-9(6-13)15-7-10/h2-5,7-8H. The fraction of sp³-hybridized carbons (Fsp3) is 0. The SMILES string of the molecule is [C-]#[N+]c1ccc([N+]([O-])=Nc2ccc(C#N)nc2)cn1. The molecule has 0 aliphatic carbocycles. The van der Waals surface area contributed by atoms with E-state index in [9.17, 15) is 5.21 Å². The zero-order valence-electron chi connectivity index (χ0n) is 9.56. The topological polar surface area (TPSA) is 92.4 Å². The van der Waals surface area contributed by atoms with E-state index < -0.39 is 0 Å². The van der Waals surface area contributed by atoms with Crippen LogP contribution in [-0.4, -0.2) is 14.8 Å². The summed E-state index contributed by atoms with van der Waals surface area (Å²) in [5, 5.41) is 24.0. The normalized spacial score (nSPS) is 10.5. The Balaban J connectivity index is 2.26. The molecule has 0 bridgehead atoms. The van der Waals surface area contributed by atoms with Crippen LogP contribution in [0, 0.1) is 23.1 Å². The molecular weight excluding hydrogens is 244 g/mol. The second-order valence-corrected chi connectivity index (χ2v) is 3.37. The molecule has 0 aliphatic heterocycles. The molecule has 2 rings (SSSR count). The quantitative estimate of drug-likeness (QED) is 0.354. The van der Waals surface area contributed by atoms with Gasteiger partial charge in [0.1, 0.15) is 11.8 Å². The van der Waals surface area contributed by atoms with Crippen molar-refractivity contribution in [1.82, 2.24) is 9.97 Å². The number of pyridine rings is 2. The van der Waals surface area contributed by atoms with Crippen molar-refractivity contribution in [1.29, 1.82) is 5.26 Å². The van der Waals surface area contributed by atoms with Gasteiger partial charge in [0.05, 0.1) is 6.20 Å². The van der Waals surface area contributed by atoms with E-state index in [4.69, 9.17) is 11.8 Å². The highest BCUT2D eigenvalue weighted by molar-refractivity contribution is 5.41. The summed E-state index contributed by atoms with van der Waals surface area (Å²) < 4.78 is 0. The van der Waals surface area contributed by atoms with Crippen molar-refractivity contribution in [3.63, 3.8) is 0 Å². The van der Waals surface area contributed by atoms with Gasteiger partial charge in [0.15, 0.2) is 11.9 Å². The third-order valence-corrected chi connectivity index (χ3v) is 2.14. The molecule has 19 heavy (non-hydrogen) atoms. The van der Waals surface area contributed by atoms with E-state index in [1.807, 2.05) is 6.07 Å². The van der Waals surface area contributed by atoms with Gasteiger partial charge in [0, 0.05) is 11.2 Å². The Morgan fingerprint density at radius 1 is 1.26 bits per heavy atom. The fourth-order valence-corrected chi connectivity index (χ4v) is 1.23. The lowest BCUT2D eigenvalue weighted by Crippen LogP contribution is -1.91. The largest absolute Gasteiger partial charge is 0.594 e. The maximum Gasteiger partial charge on any atom is 0.284 e. The predicted octanol–water partition coefficient (Wildman–Crippen LogP) is 2.82. The molecule has 90 valence electrons. The lowest BCUT2D eigenvalue weighted by atomic mass is 10.3. The van der Waals surface area contributed by atoms with Crippen LogP contribution in [0.4, 0.5) is 17.2 Å². The first-order valence-corrected chi connectivity index (χ1v) is 5.11. The van der Waals surface area contributed by atoms with E-state index in [2.05, 4.69) is 19.9 Å². The molecule has 0 N–H and O–H groups in total. The Kier molecular flexibility index (Phi) is 3.41. The molecule has 0 amide bonds. The summed E-state index contributed by atoms with van der Waals surface area (Å²) in [5.74, 6) is 0.206. The molecule has 2 aromatic rings. The van der Waals surface area contributed by atoms with Gasteiger partial charge >= 0.3 is 0 Å². The van der Waals surface area contributed by atoms with Gasteiger partial charge in [-0.2, -0.15) is 5.26 Å². The second-order valence-electron chi connectivity index (χ2n) is 3.37. The van der Waals surface area contributed by atoms with E-state index >= 15 is 0 Å². The minimum absolute atomic E-state index is 0.205. The van der Waals surface area contributed by atoms with Crippen molar-refractivity contribution in [2.45, 2.75) is 0 Å². The number of azo groups is 1. The smallest absolute Gasteiger partial charge is 0.284 e. The van der Waals surface area contributed by atoms with Gasteiger partial charge < -0.3 is 10.1 Å². The summed E-state index contributed by atoms with van der Waals surface area (Å²) in [4.78, 5) is 11.1. The van der Waals surface area contributed by atoms with Crippen LogP contribution in [-0.2, 0) is 0 Å². The van der Waals surface area contributed by atoms with Gasteiger partial charge in [0.2, 0.25) is 0 Å². The third kappa shape index (κ3) is 2.87. The first-order chi connectivity index (χ1) is 9.22. The van der Waals surface area contributed by atoms with Crippen LogP contribution in [0.2, 0.25) is 0 Å². The van der Waals surface area contributed by atoms with Crippen LogP contribution in [0.25, 0.3) is 4.85 Å². The van der Waals surface area contributed by atoms with Crippen LogP contribution in [0.1, 0.15) is 5.69 Å². The summed E-state index contributed by atoms with van der Waals surface area (Å²) in [6.45, 7) is 6.75. The van der Waals surface area contributed by atoms with Crippen LogP contribution in [0.5, 0.6) is 0 Å². The predicted molar refractivity (Wildman–Crippen MR) is 64.8 cm³/mol. The summed E-state index contributed by atoms with van der Waals surface area (Å²) in [7, 11) is 0. The molecule has 0 atom stereocenters. The van der Waals surface area contributed by atoms with E-state index in [0.717, 1.165) is 0 Å². The lowest BCUT2D eigenvalue weighted by Gasteiger charge is -1.97. The van der Waals surface area contributed by atoms with E-state index in [-0.39, 0.29) is 17.2 Å². The minimum atomic E-state index is 0.205. The highest BCUT2D eigenvalue weighted by Gasteiger charge is 2.07. The molecule has 2 heterocycles. The molecule has 0 spiro atoms. The molecule has 0 radical (unpaired) electrons. The maximum absolute atomic E-state index is 11.7. The zero-order chi connectivity index (χ0) is 13.7. The molecule has 0 aliphatic rings. The highest BCUT2D eigenvalue weighted by atomic mass is 16.5. The van der Waals surface area contributed by atoms with E-state index in [1.54, 1.807) is 0 Å². The number of nitrogens with zero attached hydrogens (tertiary/aromatic N) is 6. The van der Waals surface area contributed by atoms with Crippen molar-refractivity contribution in [2.75, 3.05) is 0 Å². The Morgan fingerprint density at radius 2 is 2.11 bits per heavy atom. The first kappa shape index (κ1) is 12.1. The molecule has 7 nitrogen and oxygen atoms in total. The minimum Gasteiger partial charge on any atom is -0.594 e. The van der Waals surface area contributed by atoms with Crippen molar-refractivity contribution < 1.29 is 4.86 Å². The fourth-order valence-electron chi connectivity index (χ4n) is 1.23. The number of aromatic nitrogens is 2. The molecule has 2 aromatic heterocycles. The Morgan fingerprint density at radius 3 is 2.63 bits per heavy atom. The van der Waals surface area contributed by atoms with Crippen molar-refractivity contribution in [2.24, 2.45) is 5.11 Å². The molecule has 0 aromatic carbocycles. The number of hydrogen-bond donors (Lipinski definition) is 0. The van der Waals surface area contributed by atoms with Crippen molar-refractivity contribution in [3.8, 4) is 6.07 Å². The van der Waals surface area contributed by atoms with Gasteiger partial charge in [-0.3, -0.25) is 0 Å². The molecule has 7 heteroatoms. The average Bonchev–Trinajstić information content (AvgIpc) is 2.48. The lowest BCUT2D eigenvalue weighted by molar-refractivity contribution is -0.435. The molecular formula is C12H6N6O. The number of nitriles is 1. The van der Waals surface area contributed by atoms with Crippen molar-refractivity contribution >= 4 is 17.2 Å². The summed E-state index contributed by atoms with van der Waals surface area (Å²) in [5.41, 5.74) is 0.777. The Bertz CT molecular complexity index is 691. The molecule has 0 fully saturated rings. The Hall–Kier alpha value is -3.32. The summed E-state index contributed by atoms with van der Waals surface area (Å²) in [6.07, 6.45) is 2.59. The number of rotatable bonds is 2. The zero-order valence-corrected chi connectivity index (χ0v) is 9.56. The average molecular weight is 250 g/mol. The van der Waals surface area contributed by atoms with Crippen LogP contribution in [0.15, 0.2) is 41.8 Å².